The highest BCUT2D eigenvalue weighted by Crippen LogP contribution is 2.46. The van der Waals surface area contributed by atoms with Crippen LogP contribution in [0.1, 0.15) is 53.4 Å². The third-order valence-corrected chi connectivity index (χ3v) is 12.9. The quantitative estimate of drug-likeness (QED) is 0.110. The second kappa shape index (κ2) is 15.3. The molecule has 7 rings (SSSR count). The number of carbonyl (C=O) groups is 1. The third kappa shape index (κ3) is 7.58. The molecule has 0 unspecified atom stereocenters. The van der Waals surface area contributed by atoms with Gasteiger partial charge in [-0.25, -0.2) is 0 Å². The van der Waals surface area contributed by atoms with Crippen molar-refractivity contribution in [3.63, 3.8) is 0 Å². The van der Waals surface area contributed by atoms with Crippen molar-refractivity contribution in [3.05, 3.63) is 198 Å². The lowest BCUT2D eigenvalue weighted by Gasteiger charge is -2.21. The van der Waals surface area contributed by atoms with Crippen LogP contribution in [0.15, 0.2) is 194 Å². The summed E-state index contributed by atoms with van der Waals surface area (Å²) in [4.78, 5) is 21.0. The molecule has 0 saturated carbocycles. The molecular formula is C49H43OS2+. The summed E-state index contributed by atoms with van der Waals surface area (Å²) in [6.07, 6.45) is 0. The molecule has 0 spiro atoms. The minimum absolute atomic E-state index is 0.0130. The average molecular weight is 712 g/mol. The van der Waals surface area contributed by atoms with E-state index < -0.39 is 0 Å². The standard InChI is InChI=1S/C49H43OS2/c1-34-20-28-40(29-21-34)52(41-30-22-35(2)23-31-41)45-19-13-12-18-43(45)51-44-33-32-42(36-14-8-6-9-15-36)46(37-16-10-7-11-17-37)47(44)48(50)38-24-26-39(27-25-38)49(3,4)5/h6-33H,1-5H3/q+1. The van der Waals surface area contributed by atoms with Gasteiger partial charge in [0.2, 0.25) is 0 Å². The molecular weight excluding hydrogens is 669 g/mol. The summed E-state index contributed by atoms with van der Waals surface area (Å²) in [5, 5.41) is 0. The van der Waals surface area contributed by atoms with Crippen LogP contribution in [-0.2, 0) is 16.3 Å². The molecule has 0 aliphatic rings. The molecule has 3 heteroatoms. The molecule has 256 valence electrons. The monoisotopic (exact) mass is 711 g/mol. The summed E-state index contributed by atoms with van der Waals surface area (Å²) in [7, 11) is -0.362. The first-order valence-electron chi connectivity index (χ1n) is 17.7. The molecule has 0 aromatic heterocycles. The van der Waals surface area contributed by atoms with E-state index in [1.165, 1.54) is 31.4 Å². The van der Waals surface area contributed by atoms with Gasteiger partial charge in [-0.3, -0.25) is 4.79 Å². The smallest absolute Gasteiger partial charge is 0.194 e. The van der Waals surface area contributed by atoms with Gasteiger partial charge in [0.25, 0.3) is 0 Å². The second-order valence-electron chi connectivity index (χ2n) is 14.2. The highest BCUT2D eigenvalue weighted by atomic mass is 32.2. The van der Waals surface area contributed by atoms with Crippen LogP contribution in [0, 0.1) is 13.8 Å². The van der Waals surface area contributed by atoms with Crippen molar-refractivity contribution in [3.8, 4) is 22.3 Å². The second-order valence-corrected chi connectivity index (χ2v) is 17.3. The maximum atomic E-state index is 15.1. The minimum atomic E-state index is -0.362. The van der Waals surface area contributed by atoms with E-state index in [4.69, 9.17) is 0 Å². The molecule has 0 aliphatic carbocycles. The van der Waals surface area contributed by atoms with E-state index >= 15 is 4.79 Å². The normalized spacial score (nSPS) is 11.5. The van der Waals surface area contributed by atoms with Crippen molar-refractivity contribution in [2.75, 3.05) is 0 Å². The first-order valence-corrected chi connectivity index (χ1v) is 19.8. The number of carbonyl (C=O) groups excluding carboxylic acids is 1. The fourth-order valence-corrected chi connectivity index (χ4v) is 9.92. The summed E-state index contributed by atoms with van der Waals surface area (Å²) in [5.74, 6) is 0.0214. The molecule has 0 amide bonds. The van der Waals surface area contributed by atoms with Crippen LogP contribution >= 0.6 is 11.8 Å². The summed E-state index contributed by atoms with van der Waals surface area (Å²) < 4.78 is 0. The van der Waals surface area contributed by atoms with Crippen LogP contribution < -0.4 is 0 Å². The highest BCUT2D eigenvalue weighted by Gasteiger charge is 2.33. The van der Waals surface area contributed by atoms with Crippen molar-refractivity contribution in [1.29, 1.82) is 0 Å². The molecule has 1 nitrogen and oxygen atoms in total. The van der Waals surface area contributed by atoms with E-state index in [2.05, 4.69) is 180 Å². The summed E-state index contributed by atoms with van der Waals surface area (Å²) in [5.41, 5.74) is 9.17. The number of ketones is 1. The number of hydrogen-bond donors (Lipinski definition) is 0. The van der Waals surface area contributed by atoms with Crippen LogP contribution in [-0.4, -0.2) is 5.78 Å². The average Bonchev–Trinajstić information content (AvgIpc) is 3.17. The Hall–Kier alpha value is -5.09. The largest absolute Gasteiger partial charge is 0.289 e. The van der Waals surface area contributed by atoms with E-state index in [1.54, 1.807) is 11.8 Å². The van der Waals surface area contributed by atoms with Gasteiger partial charge in [0.15, 0.2) is 20.5 Å². The Morgan fingerprint density at radius 3 is 1.60 bits per heavy atom. The van der Waals surface area contributed by atoms with Gasteiger partial charge in [-0.15, -0.1) is 0 Å². The summed E-state index contributed by atoms with van der Waals surface area (Å²) in [6, 6.07) is 60.0. The van der Waals surface area contributed by atoms with Gasteiger partial charge in [0, 0.05) is 21.6 Å². The van der Waals surface area contributed by atoms with Crippen molar-refractivity contribution >= 4 is 28.4 Å². The Bertz CT molecular complexity index is 2260. The van der Waals surface area contributed by atoms with Crippen LogP contribution in [0.4, 0.5) is 0 Å². The Morgan fingerprint density at radius 1 is 0.519 bits per heavy atom. The lowest BCUT2D eigenvalue weighted by molar-refractivity contribution is 0.103. The van der Waals surface area contributed by atoms with Crippen LogP contribution in [0.2, 0.25) is 0 Å². The van der Waals surface area contributed by atoms with E-state index in [1.807, 2.05) is 24.3 Å². The first kappa shape index (κ1) is 35.3. The minimum Gasteiger partial charge on any atom is -0.289 e. The highest BCUT2D eigenvalue weighted by molar-refractivity contribution is 8.01. The van der Waals surface area contributed by atoms with Gasteiger partial charge in [0.1, 0.15) is 10.9 Å². The van der Waals surface area contributed by atoms with E-state index in [0.717, 1.165) is 37.6 Å². The van der Waals surface area contributed by atoms with E-state index in [9.17, 15) is 0 Å². The van der Waals surface area contributed by atoms with Crippen molar-refractivity contribution in [1.82, 2.24) is 0 Å². The SMILES string of the molecule is Cc1ccc([S+](c2ccc(C)cc2)c2ccccc2Sc2ccc(-c3ccccc3)c(-c3ccccc3)c2C(=O)c2ccc(C(C)(C)C)cc2)cc1. The fourth-order valence-electron chi connectivity index (χ4n) is 6.48. The molecule has 0 fully saturated rings. The summed E-state index contributed by atoms with van der Waals surface area (Å²) >= 11 is 1.69. The third-order valence-electron chi connectivity index (χ3n) is 9.36. The summed E-state index contributed by atoms with van der Waals surface area (Å²) in [6.45, 7) is 10.9. The number of hydrogen-bond acceptors (Lipinski definition) is 2. The molecule has 0 bridgehead atoms. The Morgan fingerprint density at radius 2 is 1.04 bits per heavy atom. The topological polar surface area (TPSA) is 17.1 Å². The zero-order chi connectivity index (χ0) is 36.2. The van der Waals surface area contributed by atoms with Gasteiger partial charge in [-0.2, -0.15) is 0 Å². The lowest BCUT2D eigenvalue weighted by atomic mass is 9.85. The van der Waals surface area contributed by atoms with Crippen molar-refractivity contribution in [2.24, 2.45) is 0 Å². The van der Waals surface area contributed by atoms with Gasteiger partial charge >= 0.3 is 0 Å². The molecule has 0 heterocycles. The predicted molar refractivity (Wildman–Crippen MR) is 221 cm³/mol. The number of rotatable bonds is 9. The predicted octanol–water partition coefficient (Wildman–Crippen LogP) is 13.4. The van der Waals surface area contributed by atoms with Crippen LogP contribution in [0.5, 0.6) is 0 Å². The van der Waals surface area contributed by atoms with Crippen LogP contribution in [0.25, 0.3) is 22.3 Å². The Balaban J connectivity index is 1.45. The van der Waals surface area contributed by atoms with Gasteiger partial charge < -0.3 is 0 Å². The molecule has 7 aromatic carbocycles. The zero-order valence-electron chi connectivity index (χ0n) is 30.4. The Kier molecular flexibility index (Phi) is 10.4. The van der Waals surface area contributed by atoms with Crippen LogP contribution in [0.3, 0.4) is 0 Å². The van der Waals surface area contributed by atoms with E-state index in [-0.39, 0.29) is 22.1 Å². The number of benzene rings is 7. The molecule has 0 atom stereocenters. The molecule has 52 heavy (non-hydrogen) atoms. The maximum absolute atomic E-state index is 15.1. The fraction of sp³-hybridized carbons (Fsp3) is 0.122. The van der Waals surface area contributed by atoms with Crippen molar-refractivity contribution in [2.45, 2.75) is 64.5 Å². The molecule has 7 aromatic rings. The maximum Gasteiger partial charge on any atom is 0.194 e. The van der Waals surface area contributed by atoms with E-state index in [0.29, 0.717) is 5.56 Å². The molecule has 0 saturated heterocycles. The molecule has 0 N–H and O–H groups in total. The molecule has 0 aliphatic heterocycles. The lowest BCUT2D eigenvalue weighted by Crippen LogP contribution is -2.12. The molecule has 0 radical (unpaired) electrons. The first-order chi connectivity index (χ1) is 25.2. The zero-order valence-corrected chi connectivity index (χ0v) is 32.0. The Labute approximate surface area is 316 Å². The van der Waals surface area contributed by atoms with Gasteiger partial charge in [0.05, 0.1) is 4.90 Å². The van der Waals surface area contributed by atoms with Gasteiger partial charge in [-0.05, 0) is 84.0 Å². The number of aryl methyl sites for hydroxylation is 2. The van der Waals surface area contributed by atoms with Gasteiger partial charge in [-0.1, -0.05) is 171 Å². The van der Waals surface area contributed by atoms with Crippen molar-refractivity contribution < 1.29 is 4.79 Å².